The van der Waals surface area contributed by atoms with Crippen LogP contribution in [0.1, 0.15) is 62.1 Å². The molecule has 2 aromatic carbocycles. The van der Waals surface area contributed by atoms with Gasteiger partial charge in [-0.1, -0.05) is 69.0 Å². The van der Waals surface area contributed by atoms with Gasteiger partial charge < -0.3 is 9.64 Å². The maximum absolute atomic E-state index is 13.1. The number of hydrogen-bond donors (Lipinski definition) is 0. The Morgan fingerprint density at radius 2 is 1.79 bits per heavy atom. The van der Waals surface area contributed by atoms with Crippen molar-refractivity contribution in [3.63, 3.8) is 0 Å². The lowest BCUT2D eigenvalue weighted by molar-refractivity contribution is -0.134. The molecule has 1 aliphatic carbocycles. The average Bonchev–Trinajstić information content (AvgIpc) is 3.69. The van der Waals surface area contributed by atoms with Crippen LogP contribution >= 0.6 is 0 Å². The number of rotatable bonds is 11. The van der Waals surface area contributed by atoms with E-state index in [-0.39, 0.29) is 11.8 Å². The van der Waals surface area contributed by atoms with Gasteiger partial charge in [-0.3, -0.25) is 4.79 Å². The normalized spacial score (nSPS) is 13.2. The van der Waals surface area contributed by atoms with Crippen molar-refractivity contribution < 1.29 is 14.3 Å². The van der Waals surface area contributed by atoms with Crippen molar-refractivity contribution in [1.29, 1.82) is 0 Å². The number of hydrogen-bond acceptors (Lipinski definition) is 3. The first-order valence-corrected chi connectivity index (χ1v) is 11.9. The molecular weight excluding hydrogens is 422 g/mol. The van der Waals surface area contributed by atoms with Gasteiger partial charge in [0.05, 0.1) is 7.11 Å². The van der Waals surface area contributed by atoms with Crippen LogP contribution in [0.3, 0.4) is 0 Å². The largest absolute Gasteiger partial charge is 0.466 e. The van der Waals surface area contributed by atoms with Gasteiger partial charge in [0.25, 0.3) is 0 Å². The number of carbonyl (C=O) groups excluding carboxylic acids is 2. The molecule has 0 saturated heterocycles. The van der Waals surface area contributed by atoms with Gasteiger partial charge >= 0.3 is 5.97 Å². The van der Waals surface area contributed by atoms with E-state index in [0.29, 0.717) is 12.5 Å². The van der Waals surface area contributed by atoms with Crippen LogP contribution in [0, 0.1) is 5.92 Å². The second-order valence-corrected chi connectivity index (χ2v) is 9.28. The molecule has 0 aromatic heterocycles. The van der Waals surface area contributed by atoms with Gasteiger partial charge in [0.15, 0.2) is 0 Å². The van der Waals surface area contributed by atoms with Crippen molar-refractivity contribution in [1.82, 2.24) is 0 Å². The number of esters is 1. The molecule has 3 rings (SSSR count). The van der Waals surface area contributed by atoms with E-state index in [1.807, 2.05) is 29.2 Å². The summed E-state index contributed by atoms with van der Waals surface area (Å²) in [6, 6.07) is 16.2. The SMILES string of the molecule is C=C(CCC(=C)c1ccc(C(C)C)cc1)CN(C(=O)C1CC1)c1cccc(/C=C/C(=O)OC)c1. The van der Waals surface area contributed by atoms with Crippen molar-refractivity contribution in [2.75, 3.05) is 18.6 Å². The van der Waals surface area contributed by atoms with E-state index < -0.39 is 5.97 Å². The Balaban J connectivity index is 1.66. The minimum atomic E-state index is -0.413. The Labute approximate surface area is 203 Å². The van der Waals surface area contributed by atoms with Crippen molar-refractivity contribution in [2.24, 2.45) is 5.92 Å². The number of benzene rings is 2. The molecule has 2 aromatic rings. The predicted molar refractivity (Wildman–Crippen MR) is 141 cm³/mol. The molecule has 0 bridgehead atoms. The van der Waals surface area contributed by atoms with Gasteiger partial charge in [0.2, 0.25) is 5.91 Å². The second kappa shape index (κ2) is 11.6. The van der Waals surface area contributed by atoms with Crippen molar-refractivity contribution >= 4 is 29.2 Å². The number of anilines is 1. The number of nitrogens with zero attached hydrogens (tertiary/aromatic N) is 1. The van der Waals surface area contributed by atoms with Crippen LogP contribution in [0.2, 0.25) is 0 Å². The summed E-state index contributed by atoms with van der Waals surface area (Å²) in [5.41, 5.74) is 6.18. The summed E-state index contributed by atoms with van der Waals surface area (Å²) in [6.45, 7) is 13.4. The fourth-order valence-corrected chi connectivity index (χ4v) is 3.75. The molecule has 0 aliphatic heterocycles. The highest BCUT2D eigenvalue weighted by atomic mass is 16.5. The number of amides is 1. The molecule has 0 N–H and O–H groups in total. The highest BCUT2D eigenvalue weighted by Crippen LogP contribution is 2.34. The summed E-state index contributed by atoms with van der Waals surface area (Å²) in [4.78, 5) is 26.4. The highest BCUT2D eigenvalue weighted by molar-refractivity contribution is 5.97. The maximum Gasteiger partial charge on any atom is 0.330 e. The lowest BCUT2D eigenvalue weighted by atomic mass is 9.96. The molecule has 0 atom stereocenters. The maximum atomic E-state index is 13.1. The molecule has 1 saturated carbocycles. The number of allylic oxidation sites excluding steroid dienone is 1. The van der Waals surface area contributed by atoms with Crippen LogP contribution in [-0.4, -0.2) is 25.5 Å². The Bertz CT molecular complexity index is 1070. The van der Waals surface area contributed by atoms with Crippen LogP contribution in [0.5, 0.6) is 0 Å². The lowest BCUT2D eigenvalue weighted by Gasteiger charge is -2.24. The van der Waals surface area contributed by atoms with E-state index >= 15 is 0 Å². The molecule has 178 valence electrons. The number of ether oxygens (including phenoxy) is 1. The third kappa shape index (κ3) is 7.05. The van der Waals surface area contributed by atoms with E-state index in [0.717, 1.165) is 53.6 Å². The smallest absolute Gasteiger partial charge is 0.330 e. The molecule has 1 fully saturated rings. The zero-order chi connectivity index (χ0) is 24.7. The minimum Gasteiger partial charge on any atom is -0.466 e. The molecule has 0 heterocycles. The van der Waals surface area contributed by atoms with E-state index in [1.165, 1.54) is 18.7 Å². The molecular formula is C30H35NO3. The fraction of sp³-hybridized carbons (Fsp3) is 0.333. The topological polar surface area (TPSA) is 46.6 Å². The average molecular weight is 458 g/mol. The molecule has 1 aliphatic rings. The van der Waals surface area contributed by atoms with Crippen LogP contribution in [-0.2, 0) is 14.3 Å². The summed E-state index contributed by atoms with van der Waals surface area (Å²) >= 11 is 0. The second-order valence-electron chi connectivity index (χ2n) is 9.28. The highest BCUT2D eigenvalue weighted by Gasteiger charge is 2.34. The molecule has 0 spiro atoms. The quantitative estimate of drug-likeness (QED) is 0.212. The molecule has 4 nitrogen and oxygen atoms in total. The van der Waals surface area contributed by atoms with E-state index in [2.05, 4.69) is 56.0 Å². The predicted octanol–water partition coefficient (Wildman–Crippen LogP) is 6.79. The van der Waals surface area contributed by atoms with Crippen LogP contribution in [0.15, 0.2) is 73.3 Å². The first-order chi connectivity index (χ1) is 16.3. The number of carbonyl (C=O) groups is 2. The summed E-state index contributed by atoms with van der Waals surface area (Å²) in [5.74, 6) is 0.324. The molecule has 4 heteroatoms. The Morgan fingerprint density at radius 1 is 1.09 bits per heavy atom. The van der Waals surface area contributed by atoms with Gasteiger partial charge in [0.1, 0.15) is 0 Å². The Hall–Kier alpha value is -3.40. The van der Waals surface area contributed by atoms with Crippen molar-refractivity contribution in [3.8, 4) is 0 Å². The standard InChI is InChI=1S/C30H35NO3/c1-21(2)25-12-14-26(15-13-25)23(4)10-9-22(3)20-31(30(33)27-16-17-27)28-8-6-7-24(19-28)11-18-29(32)34-5/h6-8,11-15,18-19,21,27H,3-4,9-10,16-17,20H2,1-2,5H3/b18-11+. The summed E-state index contributed by atoms with van der Waals surface area (Å²) < 4.78 is 4.67. The fourth-order valence-electron chi connectivity index (χ4n) is 3.75. The van der Waals surface area contributed by atoms with Gasteiger partial charge in [-0.15, -0.1) is 0 Å². The van der Waals surface area contributed by atoms with E-state index in [4.69, 9.17) is 0 Å². The monoisotopic (exact) mass is 457 g/mol. The first kappa shape index (κ1) is 25.2. The minimum absolute atomic E-state index is 0.0940. The van der Waals surface area contributed by atoms with Crippen LogP contribution in [0.4, 0.5) is 5.69 Å². The molecule has 34 heavy (non-hydrogen) atoms. The molecule has 0 unspecified atom stereocenters. The molecule has 0 radical (unpaired) electrons. The zero-order valence-corrected chi connectivity index (χ0v) is 20.5. The Morgan fingerprint density at radius 3 is 2.41 bits per heavy atom. The van der Waals surface area contributed by atoms with Crippen LogP contribution < -0.4 is 4.90 Å². The summed E-state index contributed by atoms with van der Waals surface area (Å²) in [6.07, 6.45) is 6.51. The molecule has 1 amide bonds. The zero-order valence-electron chi connectivity index (χ0n) is 20.5. The lowest BCUT2D eigenvalue weighted by Crippen LogP contribution is -2.34. The van der Waals surface area contributed by atoms with E-state index in [9.17, 15) is 9.59 Å². The van der Waals surface area contributed by atoms with Gasteiger partial charge in [-0.05, 0) is 72.1 Å². The van der Waals surface area contributed by atoms with Gasteiger partial charge in [0, 0.05) is 24.2 Å². The van der Waals surface area contributed by atoms with Crippen molar-refractivity contribution in [2.45, 2.75) is 45.4 Å². The third-order valence-electron chi connectivity index (χ3n) is 6.14. The Kier molecular flexibility index (Phi) is 8.64. The first-order valence-electron chi connectivity index (χ1n) is 11.9. The van der Waals surface area contributed by atoms with Gasteiger partial charge in [-0.25, -0.2) is 4.79 Å². The van der Waals surface area contributed by atoms with Crippen LogP contribution in [0.25, 0.3) is 11.6 Å². The van der Waals surface area contributed by atoms with Gasteiger partial charge in [-0.2, -0.15) is 0 Å². The summed E-state index contributed by atoms with van der Waals surface area (Å²) in [7, 11) is 1.35. The van der Waals surface area contributed by atoms with Crippen molar-refractivity contribution in [3.05, 3.63) is 90.0 Å². The third-order valence-corrected chi connectivity index (χ3v) is 6.14. The number of methoxy groups -OCH3 is 1. The summed E-state index contributed by atoms with van der Waals surface area (Å²) in [5, 5.41) is 0. The van der Waals surface area contributed by atoms with E-state index in [1.54, 1.807) is 6.08 Å².